The van der Waals surface area contributed by atoms with Crippen molar-refractivity contribution in [2.24, 2.45) is 0 Å². The van der Waals surface area contributed by atoms with Crippen LogP contribution in [0.25, 0.3) is 6.08 Å². The van der Waals surface area contributed by atoms with Crippen molar-refractivity contribution in [1.29, 1.82) is 0 Å². The fraction of sp³-hybridized carbons (Fsp3) is 0.0370. The van der Waals surface area contributed by atoms with Gasteiger partial charge in [0.25, 0.3) is 5.69 Å². The molecule has 0 bridgehead atoms. The fourth-order valence-corrected chi connectivity index (χ4v) is 8.21. The minimum Gasteiger partial charge on any atom is -0.258 e. The molecule has 0 unspecified atom stereocenters. The highest BCUT2D eigenvalue weighted by molar-refractivity contribution is 7.95. The number of nitro groups is 1. The first-order chi connectivity index (χ1) is 15.6. The Morgan fingerprint density at radius 3 is 1.62 bits per heavy atom. The van der Waals surface area contributed by atoms with Crippen molar-refractivity contribution >= 4 is 46.5 Å². The van der Waals surface area contributed by atoms with Crippen molar-refractivity contribution in [2.45, 2.75) is 0 Å². The number of allylic oxidation sites excluding steroid dienone is 1. The Bertz CT molecular complexity index is 1130. The maximum Gasteiger partial charge on any atom is 0.278 e. The number of nitro benzene ring substituents is 1. The molecule has 0 N–H and O–H groups in total. The van der Waals surface area contributed by atoms with Crippen LogP contribution in [-0.4, -0.2) is 11.1 Å². The molecule has 0 saturated heterocycles. The summed E-state index contributed by atoms with van der Waals surface area (Å²) in [5.74, 6) is 0. The molecular weight excluding hydrogens is 437 g/mol. The predicted molar refractivity (Wildman–Crippen MR) is 137 cm³/mol. The fourth-order valence-electron chi connectivity index (χ4n) is 3.99. The summed E-state index contributed by atoms with van der Waals surface area (Å²) in [4.78, 5) is 11.1. The van der Waals surface area contributed by atoms with Gasteiger partial charge in [0.15, 0.2) is 0 Å². The van der Waals surface area contributed by atoms with E-state index in [4.69, 9.17) is 11.6 Å². The van der Waals surface area contributed by atoms with E-state index >= 15 is 0 Å². The van der Waals surface area contributed by atoms with E-state index in [2.05, 4.69) is 72.8 Å². The van der Waals surface area contributed by atoms with E-state index in [0.717, 1.165) is 0 Å². The molecule has 158 valence electrons. The smallest absolute Gasteiger partial charge is 0.258 e. The second-order valence-corrected chi connectivity index (χ2v) is 11.3. The summed E-state index contributed by atoms with van der Waals surface area (Å²) in [7, 11) is -2.04. The van der Waals surface area contributed by atoms with Crippen LogP contribution in [0.5, 0.6) is 0 Å². The van der Waals surface area contributed by atoms with Gasteiger partial charge in [0.05, 0.1) is 21.7 Å². The first-order valence-corrected chi connectivity index (χ1v) is 12.6. The number of benzene rings is 4. The van der Waals surface area contributed by atoms with E-state index in [1.165, 1.54) is 22.0 Å². The Labute approximate surface area is 193 Å². The first-order valence-electron chi connectivity index (χ1n) is 10.3. The van der Waals surface area contributed by atoms with Gasteiger partial charge in [-0.15, -0.1) is 0 Å². The molecular formula is C27H22ClNO2P+. The average Bonchev–Trinajstić information content (AvgIpc) is 2.84. The summed E-state index contributed by atoms with van der Waals surface area (Å²) < 4.78 is 0. The minimum absolute atomic E-state index is 0.0109. The van der Waals surface area contributed by atoms with Crippen molar-refractivity contribution in [2.75, 3.05) is 6.16 Å². The van der Waals surface area contributed by atoms with Crippen LogP contribution in [0.15, 0.2) is 115 Å². The highest BCUT2D eigenvalue weighted by atomic mass is 35.5. The van der Waals surface area contributed by atoms with Crippen LogP contribution >= 0.6 is 18.9 Å². The molecule has 4 aromatic carbocycles. The third-order valence-electron chi connectivity index (χ3n) is 5.48. The summed E-state index contributed by atoms with van der Waals surface area (Å²) in [5, 5.41) is 15.7. The number of rotatable bonds is 7. The van der Waals surface area contributed by atoms with Gasteiger partial charge in [-0.2, -0.15) is 0 Å². The van der Waals surface area contributed by atoms with E-state index in [0.29, 0.717) is 16.7 Å². The average molecular weight is 459 g/mol. The molecule has 0 atom stereocenters. The van der Waals surface area contributed by atoms with Crippen LogP contribution in [0.4, 0.5) is 5.69 Å². The zero-order valence-electron chi connectivity index (χ0n) is 17.3. The molecule has 0 aliphatic carbocycles. The summed E-state index contributed by atoms with van der Waals surface area (Å²) in [5.41, 5.74) is 0.447. The lowest BCUT2D eigenvalue weighted by Gasteiger charge is -2.26. The van der Waals surface area contributed by atoms with Gasteiger partial charge in [-0.25, -0.2) is 0 Å². The molecule has 0 radical (unpaired) electrons. The van der Waals surface area contributed by atoms with Crippen LogP contribution in [-0.2, 0) is 0 Å². The summed E-state index contributed by atoms with van der Waals surface area (Å²) in [6.07, 6.45) is 4.55. The zero-order valence-corrected chi connectivity index (χ0v) is 19.0. The van der Waals surface area contributed by atoms with Crippen molar-refractivity contribution < 1.29 is 4.92 Å². The van der Waals surface area contributed by atoms with Crippen LogP contribution < -0.4 is 15.9 Å². The number of nitrogens with zero attached hydrogens (tertiary/aromatic N) is 1. The molecule has 0 aliphatic heterocycles. The largest absolute Gasteiger partial charge is 0.278 e. The van der Waals surface area contributed by atoms with Crippen LogP contribution in [0, 0.1) is 10.1 Å². The standard InChI is InChI=1S/C27H22ClNO2P/c28-26-19-10-20-27(29(30)31)25(26)18-11-21-32(22-12-4-1-5-13-22,23-14-6-2-7-15-23)24-16-8-3-9-17-24/h1-20H,21H2/q+1/b18-11-. The maximum absolute atomic E-state index is 11.5. The van der Waals surface area contributed by atoms with Crippen LogP contribution in [0.3, 0.4) is 0 Å². The van der Waals surface area contributed by atoms with E-state index < -0.39 is 7.26 Å². The quantitative estimate of drug-likeness (QED) is 0.186. The summed E-state index contributed by atoms with van der Waals surface area (Å²) >= 11 is 6.33. The van der Waals surface area contributed by atoms with Crippen LogP contribution in [0.2, 0.25) is 5.02 Å². The monoisotopic (exact) mass is 458 g/mol. The highest BCUT2D eigenvalue weighted by Gasteiger charge is 2.44. The van der Waals surface area contributed by atoms with Gasteiger partial charge >= 0.3 is 0 Å². The molecule has 32 heavy (non-hydrogen) atoms. The van der Waals surface area contributed by atoms with Gasteiger partial charge < -0.3 is 0 Å². The van der Waals surface area contributed by atoms with Gasteiger partial charge in [-0.05, 0) is 54.6 Å². The van der Waals surface area contributed by atoms with E-state index in [1.807, 2.05) is 24.3 Å². The van der Waals surface area contributed by atoms with Gasteiger partial charge in [-0.3, -0.25) is 10.1 Å². The van der Waals surface area contributed by atoms with E-state index in [1.54, 1.807) is 18.2 Å². The Morgan fingerprint density at radius 2 is 1.19 bits per heavy atom. The van der Waals surface area contributed by atoms with Crippen molar-refractivity contribution in [3.8, 4) is 0 Å². The third kappa shape index (κ3) is 4.36. The zero-order chi connectivity index (χ0) is 22.4. The predicted octanol–water partition coefficient (Wildman–Crippen LogP) is 6.26. The van der Waals surface area contributed by atoms with Gasteiger partial charge in [0, 0.05) is 6.07 Å². The molecule has 0 fully saturated rings. The molecule has 3 nitrogen and oxygen atoms in total. The normalized spacial score (nSPS) is 11.5. The molecule has 0 aromatic heterocycles. The number of hydrogen-bond donors (Lipinski definition) is 0. The Morgan fingerprint density at radius 1 is 0.719 bits per heavy atom. The van der Waals surface area contributed by atoms with E-state index in [-0.39, 0.29) is 10.6 Å². The van der Waals surface area contributed by atoms with Gasteiger partial charge in [-0.1, -0.05) is 72.3 Å². The second kappa shape index (κ2) is 9.91. The Kier molecular flexibility index (Phi) is 6.80. The maximum atomic E-state index is 11.5. The lowest BCUT2D eigenvalue weighted by molar-refractivity contribution is -0.385. The summed E-state index contributed by atoms with van der Waals surface area (Å²) in [6.45, 7) is 0. The SMILES string of the molecule is O=[N+]([O-])c1cccc(Cl)c1/C=C\C[P+](c1ccccc1)(c1ccccc1)c1ccccc1. The van der Waals surface area contributed by atoms with Crippen molar-refractivity contribution in [3.63, 3.8) is 0 Å². The third-order valence-corrected chi connectivity index (χ3v) is 10.1. The number of halogens is 1. The van der Waals surface area contributed by atoms with Crippen LogP contribution in [0.1, 0.15) is 5.56 Å². The van der Waals surface area contributed by atoms with Crippen molar-refractivity contribution in [3.05, 3.63) is 136 Å². The summed E-state index contributed by atoms with van der Waals surface area (Å²) in [6, 6.07) is 36.3. The van der Waals surface area contributed by atoms with Crippen molar-refractivity contribution in [1.82, 2.24) is 0 Å². The second-order valence-electron chi connectivity index (χ2n) is 7.33. The van der Waals surface area contributed by atoms with Gasteiger partial charge in [0.2, 0.25) is 0 Å². The first kappa shape index (κ1) is 22.0. The lowest BCUT2D eigenvalue weighted by atomic mass is 10.1. The molecule has 0 aliphatic rings. The topological polar surface area (TPSA) is 43.1 Å². The molecule has 0 spiro atoms. The van der Waals surface area contributed by atoms with Gasteiger partial charge in [0.1, 0.15) is 23.2 Å². The molecule has 0 amide bonds. The number of hydrogen-bond acceptors (Lipinski definition) is 2. The molecule has 5 heteroatoms. The Balaban J connectivity index is 1.88. The Hall–Kier alpha value is -3.26. The molecule has 0 saturated carbocycles. The minimum atomic E-state index is -2.04. The van der Waals surface area contributed by atoms with E-state index in [9.17, 15) is 10.1 Å². The molecule has 4 rings (SSSR count). The lowest BCUT2D eigenvalue weighted by Crippen LogP contribution is -2.32. The molecule has 0 heterocycles. The molecule has 4 aromatic rings. The highest BCUT2D eigenvalue weighted by Crippen LogP contribution is 2.55.